The van der Waals surface area contributed by atoms with Gasteiger partial charge in [0.2, 0.25) is 0 Å². The van der Waals surface area contributed by atoms with Crippen molar-refractivity contribution < 1.29 is 13.2 Å². The molecule has 1 saturated carbocycles. The van der Waals surface area contributed by atoms with Gasteiger partial charge in [-0.25, -0.2) is 0 Å². The molecule has 2 N–H and O–H groups in total. The molecule has 20 heavy (non-hydrogen) atoms. The molecule has 0 saturated heterocycles. The number of pyridine rings is 1. The summed E-state index contributed by atoms with van der Waals surface area (Å²) in [6.07, 6.45) is 1.26. The van der Waals surface area contributed by atoms with E-state index in [1.165, 1.54) is 4.90 Å². The summed E-state index contributed by atoms with van der Waals surface area (Å²) in [5.41, 5.74) is 6.86. The monoisotopic (exact) mass is 287 g/mol. The van der Waals surface area contributed by atoms with Gasteiger partial charge < -0.3 is 5.73 Å². The second kappa shape index (κ2) is 6.10. The van der Waals surface area contributed by atoms with Crippen molar-refractivity contribution in [3.63, 3.8) is 0 Å². The van der Waals surface area contributed by atoms with Crippen LogP contribution in [0.4, 0.5) is 13.2 Å². The van der Waals surface area contributed by atoms with E-state index in [4.69, 9.17) is 5.73 Å². The quantitative estimate of drug-likeness (QED) is 0.874. The molecule has 2 atom stereocenters. The second-order valence-electron chi connectivity index (χ2n) is 5.32. The largest absolute Gasteiger partial charge is 0.401 e. The fraction of sp³-hybridized carbons (Fsp3) is 0.643. The molecule has 1 aliphatic carbocycles. The van der Waals surface area contributed by atoms with Crippen molar-refractivity contribution in [3.05, 3.63) is 30.1 Å². The number of hydrogen-bond donors (Lipinski definition) is 1. The van der Waals surface area contributed by atoms with Crippen LogP contribution in [0.1, 0.15) is 37.8 Å². The Morgan fingerprint density at radius 3 is 2.60 bits per heavy atom. The molecule has 0 radical (unpaired) electrons. The van der Waals surface area contributed by atoms with Crippen molar-refractivity contribution in [3.8, 4) is 0 Å². The molecule has 112 valence electrons. The molecule has 3 nitrogen and oxygen atoms in total. The Morgan fingerprint density at radius 2 is 2.15 bits per heavy atom. The highest BCUT2D eigenvalue weighted by atomic mass is 19.4. The Balaban J connectivity index is 2.28. The summed E-state index contributed by atoms with van der Waals surface area (Å²) >= 11 is 0. The first-order valence-electron chi connectivity index (χ1n) is 6.90. The minimum absolute atomic E-state index is 0.0144. The van der Waals surface area contributed by atoms with Gasteiger partial charge in [-0.2, -0.15) is 13.2 Å². The van der Waals surface area contributed by atoms with Crippen LogP contribution in [0.2, 0.25) is 0 Å². The number of nitrogens with zero attached hydrogens (tertiary/aromatic N) is 2. The van der Waals surface area contributed by atoms with Crippen LogP contribution in [0.15, 0.2) is 24.5 Å². The average Bonchev–Trinajstić information content (AvgIpc) is 3.21. The summed E-state index contributed by atoms with van der Waals surface area (Å²) in [6, 6.07) is 2.77. The molecule has 0 spiro atoms. The minimum atomic E-state index is -4.21. The predicted octanol–water partition coefficient (Wildman–Crippen LogP) is 2.89. The lowest BCUT2D eigenvalue weighted by Gasteiger charge is -2.36. The van der Waals surface area contributed by atoms with Gasteiger partial charge >= 0.3 is 6.18 Å². The Kier molecular flexibility index (Phi) is 4.65. The van der Waals surface area contributed by atoms with Crippen LogP contribution < -0.4 is 5.73 Å². The van der Waals surface area contributed by atoms with Gasteiger partial charge in [0.15, 0.2) is 0 Å². The molecule has 6 heteroatoms. The van der Waals surface area contributed by atoms with Gasteiger partial charge in [-0.05, 0) is 30.9 Å². The van der Waals surface area contributed by atoms with Crippen LogP contribution >= 0.6 is 0 Å². The van der Waals surface area contributed by atoms with E-state index in [2.05, 4.69) is 4.98 Å². The smallest absolute Gasteiger partial charge is 0.326 e. The van der Waals surface area contributed by atoms with Gasteiger partial charge in [0, 0.05) is 24.5 Å². The van der Waals surface area contributed by atoms with E-state index in [1.54, 1.807) is 24.5 Å². The molecule has 2 unspecified atom stereocenters. The maximum absolute atomic E-state index is 12.8. The van der Waals surface area contributed by atoms with Crippen LogP contribution in [-0.2, 0) is 0 Å². The zero-order valence-corrected chi connectivity index (χ0v) is 11.5. The number of hydrogen-bond acceptors (Lipinski definition) is 3. The highest BCUT2D eigenvalue weighted by Gasteiger charge is 2.43. The first-order chi connectivity index (χ1) is 9.42. The minimum Gasteiger partial charge on any atom is -0.326 e. The van der Waals surface area contributed by atoms with Crippen LogP contribution in [0.5, 0.6) is 0 Å². The zero-order chi connectivity index (χ0) is 14.8. The normalized spacial score (nSPS) is 19.1. The zero-order valence-electron chi connectivity index (χ0n) is 11.5. The van der Waals surface area contributed by atoms with Crippen molar-refractivity contribution in [2.75, 3.05) is 6.54 Å². The molecule has 1 fully saturated rings. The summed E-state index contributed by atoms with van der Waals surface area (Å²) in [7, 11) is 0. The summed E-state index contributed by atoms with van der Waals surface area (Å²) in [4.78, 5) is 5.52. The van der Waals surface area contributed by atoms with Gasteiger partial charge in [0.1, 0.15) is 0 Å². The molecule has 1 aliphatic rings. The lowest BCUT2D eigenvalue weighted by molar-refractivity contribution is -0.153. The molecule has 0 bridgehead atoms. The first kappa shape index (κ1) is 15.3. The summed E-state index contributed by atoms with van der Waals surface area (Å²) < 4.78 is 38.5. The summed E-state index contributed by atoms with van der Waals surface area (Å²) in [5.74, 6) is 0. The highest BCUT2D eigenvalue weighted by Crippen LogP contribution is 2.38. The topological polar surface area (TPSA) is 42.1 Å². The number of rotatable bonds is 6. The molecular weight excluding hydrogens is 267 g/mol. The number of halogens is 3. The third kappa shape index (κ3) is 3.93. The maximum Gasteiger partial charge on any atom is 0.401 e. The predicted molar refractivity (Wildman–Crippen MR) is 71.0 cm³/mol. The number of nitrogens with two attached hydrogens (primary N) is 1. The molecule has 1 aromatic heterocycles. The Hall–Kier alpha value is -1.14. The fourth-order valence-electron chi connectivity index (χ4n) is 2.53. The van der Waals surface area contributed by atoms with Crippen LogP contribution in [-0.4, -0.2) is 34.7 Å². The molecule has 2 rings (SSSR count). The Morgan fingerprint density at radius 1 is 1.45 bits per heavy atom. The Labute approximate surface area is 117 Å². The van der Waals surface area contributed by atoms with Crippen molar-refractivity contribution in [1.82, 2.24) is 9.88 Å². The van der Waals surface area contributed by atoms with E-state index < -0.39 is 18.8 Å². The van der Waals surface area contributed by atoms with Crippen LogP contribution in [0, 0.1) is 0 Å². The lowest BCUT2D eigenvalue weighted by atomic mass is 9.97. The van der Waals surface area contributed by atoms with Crippen molar-refractivity contribution in [1.29, 1.82) is 0 Å². The van der Waals surface area contributed by atoms with Gasteiger partial charge in [-0.1, -0.05) is 13.0 Å². The van der Waals surface area contributed by atoms with Crippen LogP contribution in [0.3, 0.4) is 0 Å². The van der Waals surface area contributed by atoms with Gasteiger partial charge in [-0.3, -0.25) is 9.88 Å². The van der Waals surface area contributed by atoms with E-state index >= 15 is 0 Å². The fourth-order valence-corrected chi connectivity index (χ4v) is 2.53. The first-order valence-corrected chi connectivity index (χ1v) is 6.90. The van der Waals surface area contributed by atoms with Gasteiger partial charge in [0.25, 0.3) is 0 Å². The van der Waals surface area contributed by atoms with Crippen molar-refractivity contribution in [2.24, 2.45) is 5.73 Å². The number of alkyl halides is 3. The van der Waals surface area contributed by atoms with Gasteiger partial charge in [-0.15, -0.1) is 0 Å². The van der Waals surface area contributed by atoms with E-state index in [0.717, 1.165) is 18.4 Å². The average molecular weight is 287 g/mol. The van der Waals surface area contributed by atoms with E-state index in [-0.39, 0.29) is 12.1 Å². The molecular formula is C14H20F3N3. The summed E-state index contributed by atoms with van der Waals surface area (Å²) in [6.45, 7) is 0.984. The number of aromatic nitrogens is 1. The standard InChI is InChI=1S/C14H20F3N3/c1-2-12(18)13(10-4-3-7-19-8-10)20(11-5-6-11)9-14(15,16)17/h3-4,7-8,11-13H,2,5-6,9,18H2,1H3. The van der Waals surface area contributed by atoms with E-state index in [0.29, 0.717) is 6.42 Å². The van der Waals surface area contributed by atoms with E-state index in [9.17, 15) is 13.2 Å². The maximum atomic E-state index is 12.8. The van der Waals surface area contributed by atoms with Gasteiger partial charge in [0.05, 0.1) is 12.6 Å². The van der Waals surface area contributed by atoms with Crippen molar-refractivity contribution in [2.45, 2.75) is 50.5 Å². The third-order valence-corrected chi connectivity index (χ3v) is 3.64. The third-order valence-electron chi connectivity index (χ3n) is 3.64. The molecule has 0 aliphatic heterocycles. The molecule has 0 aromatic carbocycles. The Bertz CT molecular complexity index is 417. The van der Waals surface area contributed by atoms with Crippen molar-refractivity contribution >= 4 is 0 Å². The SMILES string of the molecule is CCC(N)C(c1cccnc1)N(CC(F)(F)F)C1CC1. The van der Waals surface area contributed by atoms with E-state index in [1.807, 2.05) is 6.92 Å². The molecule has 0 amide bonds. The molecule has 1 heterocycles. The van der Waals surface area contributed by atoms with Crippen LogP contribution in [0.25, 0.3) is 0 Å². The summed E-state index contributed by atoms with van der Waals surface area (Å²) in [5, 5.41) is 0. The lowest BCUT2D eigenvalue weighted by Crippen LogP contribution is -2.46. The molecule has 1 aromatic rings. The highest BCUT2D eigenvalue weighted by molar-refractivity contribution is 5.17. The second-order valence-corrected chi connectivity index (χ2v) is 5.32.